The van der Waals surface area contributed by atoms with Gasteiger partial charge in [0.1, 0.15) is 10.7 Å². The molecule has 1 aromatic carbocycles. The fourth-order valence-electron chi connectivity index (χ4n) is 1.66. The van der Waals surface area contributed by atoms with Crippen molar-refractivity contribution in [2.24, 2.45) is 5.73 Å². The lowest BCUT2D eigenvalue weighted by Gasteiger charge is -2.08. The molecule has 2 rings (SSSR count). The average molecular weight is 379 g/mol. The topological polar surface area (TPSA) is 72.2 Å². The third kappa shape index (κ3) is 3.20. The number of thiophene rings is 1. The molecule has 8 heteroatoms. The summed E-state index contributed by atoms with van der Waals surface area (Å²) >= 11 is 4.35. The number of nitrogens with two attached hydrogens (primary N) is 1. The molecule has 0 fully saturated rings. The Labute approximate surface area is 129 Å². The molecule has 108 valence electrons. The van der Waals surface area contributed by atoms with Crippen molar-refractivity contribution in [3.63, 3.8) is 0 Å². The van der Waals surface area contributed by atoms with E-state index in [1.165, 1.54) is 29.5 Å². The van der Waals surface area contributed by atoms with Crippen molar-refractivity contribution in [3.05, 3.63) is 44.3 Å². The summed E-state index contributed by atoms with van der Waals surface area (Å²) in [5.41, 5.74) is 5.68. The summed E-state index contributed by atoms with van der Waals surface area (Å²) in [5, 5.41) is 0. The van der Waals surface area contributed by atoms with E-state index in [-0.39, 0.29) is 21.6 Å². The molecule has 0 saturated heterocycles. The third-order valence-corrected chi connectivity index (χ3v) is 5.94. The van der Waals surface area contributed by atoms with Crippen LogP contribution in [0.2, 0.25) is 0 Å². The van der Waals surface area contributed by atoms with Crippen molar-refractivity contribution in [1.29, 1.82) is 0 Å². The Kier molecular flexibility index (Phi) is 4.48. The number of halogens is 2. The van der Waals surface area contributed by atoms with Crippen LogP contribution in [0.4, 0.5) is 10.1 Å². The Morgan fingerprint density at radius 1 is 1.40 bits per heavy atom. The van der Waals surface area contributed by atoms with Crippen LogP contribution >= 0.6 is 27.3 Å². The summed E-state index contributed by atoms with van der Waals surface area (Å²) < 4.78 is 40.6. The maximum Gasteiger partial charge on any atom is 0.263 e. The first-order valence-corrected chi connectivity index (χ1v) is 8.70. The average Bonchev–Trinajstić information content (AvgIpc) is 2.76. The first-order valence-electron chi connectivity index (χ1n) is 5.60. The van der Waals surface area contributed by atoms with Crippen molar-refractivity contribution in [2.45, 2.75) is 18.4 Å². The molecule has 3 N–H and O–H groups in total. The van der Waals surface area contributed by atoms with Gasteiger partial charge in [-0.15, -0.1) is 11.3 Å². The number of hydrogen-bond acceptors (Lipinski definition) is 4. The number of nitrogens with one attached hydrogen (secondary N) is 1. The molecule has 0 radical (unpaired) electrons. The Bertz CT molecular complexity index is 744. The molecule has 0 atom stereocenters. The van der Waals surface area contributed by atoms with E-state index >= 15 is 0 Å². The molecular weight excluding hydrogens is 367 g/mol. The van der Waals surface area contributed by atoms with Gasteiger partial charge >= 0.3 is 0 Å². The van der Waals surface area contributed by atoms with Crippen molar-refractivity contribution >= 4 is 43.0 Å². The lowest BCUT2D eigenvalue weighted by atomic mass is 10.3. The molecule has 2 aromatic rings. The number of benzene rings is 1. The molecule has 20 heavy (non-hydrogen) atoms. The summed E-state index contributed by atoms with van der Waals surface area (Å²) in [6, 6.07) is 5.58. The fraction of sp³-hybridized carbons (Fsp3) is 0.167. The maximum atomic E-state index is 13.4. The van der Waals surface area contributed by atoms with Crippen molar-refractivity contribution in [2.75, 3.05) is 4.72 Å². The fourth-order valence-corrected chi connectivity index (χ4v) is 4.47. The van der Waals surface area contributed by atoms with Gasteiger partial charge in [0.05, 0.1) is 10.2 Å². The molecule has 0 bridgehead atoms. The van der Waals surface area contributed by atoms with Crippen molar-refractivity contribution in [1.82, 2.24) is 0 Å². The highest BCUT2D eigenvalue weighted by atomic mass is 79.9. The van der Waals surface area contributed by atoms with E-state index in [9.17, 15) is 12.8 Å². The summed E-state index contributed by atoms with van der Waals surface area (Å²) in [6.45, 7) is 1.99. The van der Waals surface area contributed by atoms with Crippen LogP contribution in [0.25, 0.3) is 0 Å². The second-order valence-electron chi connectivity index (χ2n) is 4.07. The van der Waals surface area contributed by atoms with Crippen LogP contribution < -0.4 is 10.5 Å². The van der Waals surface area contributed by atoms with E-state index in [0.29, 0.717) is 4.88 Å². The number of aryl methyl sites for hydroxylation is 1. The van der Waals surface area contributed by atoms with Gasteiger partial charge in [-0.05, 0) is 47.1 Å². The molecule has 1 aromatic heterocycles. The van der Waals surface area contributed by atoms with E-state index in [4.69, 9.17) is 5.73 Å². The Morgan fingerprint density at radius 3 is 2.65 bits per heavy atom. The van der Waals surface area contributed by atoms with Crippen LogP contribution in [0, 0.1) is 12.7 Å². The Balaban J connectivity index is 2.35. The zero-order valence-corrected chi connectivity index (χ0v) is 13.7. The standard InChI is InChI=1S/C12H12BrFN2O2S2/c1-7-12(5-9(6-15)19-7)20(17,18)16-8-2-3-10(13)11(14)4-8/h2-5,16H,6,15H2,1H3. The first-order chi connectivity index (χ1) is 9.33. The number of anilines is 1. The van der Waals surface area contributed by atoms with Gasteiger partial charge in [0.2, 0.25) is 0 Å². The summed E-state index contributed by atoms with van der Waals surface area (Å²) in [4.78, 5) is 1.60. The smallest absolute Gasteiger partial charge is 0.263 e. The monoisotopic (exact) mass is 378 g/mol. The minimum atomic E-state index is -3.74. The van der Waals surface area contributed by atoms with E-state index in [0.717, 1.165) is 10.9 Å². The minimum absolute atomic E-state index is 0.172. The second kappa shape index (κ2) is 5.80. The SMILES string of the molecule is Cc1sc(CN)cc1S(=O)(=O)Nc1ccc(Br)c(F)c1. The molecule has 1 heterocycles. The van der Waals surface area contributed by atoms with Crippen LogP contribution in [0.3, 0.4) is 0 Å². The highest BCUT2D eigenvalue weighted by Crippen LogP contribution is 2.28. The van der Waals surface area contributed by atoms with Crippen molar-refractivity contribution < 1.29 is 12.8 Å². The largest absolute Gasteiger partial charge is 0.326 e. The molecule has 0 saturated carbocycles. The van der Waals surface area contributed by atoms with E-state index in [1.54, 1.807) is 6.92 Å². The van der Waals surface area contributed by atoms with Gasteiger partial charge in [0, 0.05) is 16.3 Å². The highest BCUT2D eigenvalue weighted by Gasteiger charge is 2.20. The maximum absolute atomic E-state index is 13.4. The Morgan fingerprint density at radius 2 is 2.10 bits per heavy atom. The van der Waals surface area contributed by atoms with Crippen LogP contribution in [-0.4, -0.2) is 8.42 Å². The highest BCUT2D eigenvalue weighted by molar-refractivity contribution is 9.10. The lowest BCUT2D eigenvalue weighted by Crippen LogP contribution is -2.13. The zero-order valence-electron chi connectivity index (χ0n) is 10.5. The van der Waals surface area contributed by atoms with Crippen LogP contribution in [0.15, 0.2) is 33.6 Å². The first kappa shape index (κ1) is 15.4. The van der Waals surface area contributed by atoms with E-state index in [1.807, 2.05) is 0 Å². The van der Waals surface area contributed by atoms with Gasteiger partial charge < -0.3 is 5.73 Å². The molecule has 0 aliphatic carbocycles. The van der Waals surface area contributed by atoms with Gasteiger partial charge in [-0.1, -0.05) is 0 Å². The van der Waals surface area contributed by atoms with Gasteiger partial charge in [0.25, 0.3) is 10.0 Å². The van der Waals surface area contributed by atoms with Gasteiger partial charge in [-0.25, -0.2) is 12.8 Å². The summed E-state index contributed by atoms with van der Waals surface area (Å²) in [7, 11) is -3.74. The number of rotatable bonds is 4. The predicted octanol–water partition coefficient (Wildman–Crippen LogP) is 3.22. The molecule has 0 spiro atoms. The van der Waals surface area contributed by atoms with Crippen molar-refractivity contribution in [3.8, 4) is 0 Å². The summed E-state index contributed by atoms with van der Waals surface area (Å²) in [5.74, 6) is -0.533. The molecular formula is C12H12BrFN2O2S2. The summed E-state index contributed by atoms with van der Waals surface area (Å²) in [6.07, 6.45) is 0. The molecule has 4 nitrogen and oxygen atoms in total. The van der Waals surface area contributed by atoms with Gasteiger partial charge in [0.15, 0.2) is 0 Å². The molecule has 0 aliphatic rings. The molecule has 0 aliphatic heterocycles. The normalized spacial score (nSPS) is 11.6. The Hall–Kier alpha value is -0.960. The predicted molar refractivity (Wildman–Crippen MR) is 81.9 cm³/mol. The zero-order chi connectivity index (χ0) is 14.9. The van der Waals surface area contributed by atoms with E-state index in [2.05, 4.69) is 20.7 Å². The lowest BCUT2D eigenvalue weighted by molar-refractivity contribution is 0.601. The van der Waals surface area contributed by atoms with Crippen LogP contribution in [-0.2, 0) is 16.6 Å². The van der Waals surface area contributed by atoms with Gasteiger partial charge in [-0.2, -0.15) is 0 Å². The second-order valence-corrected chi connectivity index (χ2v) is 7.92. The number of sulfonamides is 1. The number of hydrogen-bond donors (Lipinski definition) is 2. The van der Waals surface area contributed by atoms with Crippen LogP contribution in [0.5, 0.6) is 0 Å². The third-order valence-electron chi connectivity index (χ3n) is 2.59. The minimum Gasteiger partial charge on any atom is -0.326 e. The molecule has 0 unspecified atom stereocenters. The van der Waals surface area contributed by atoms with Crippen LogP contribution in [0.1, 0.15) is 9.75 Å². The van der Waals surface area contributed by atoms with E-state index < -0.39 is 15.8 Å². The quantitative estimate of drug-likeness (QED) is 0.857. The van der Waals surface area contributed by atoms with Gasteiger partial charge in [-0.3, -0.25) is 4.72 Å². The molecule has 0 amide bonds.